The van der Waals surface area contributed by atoms with Crippen molar-refractivity contribution in [3.05, 3.63) is 59.7 Å². The minimum Gasteiger partial charge on any atom is -0.351 e. The van der Waals surface area contributed by atoms with Crippen molar-refractivity contribution in [1.82, 2.24) is 10.0 Å². The van der Waals surface area contributed by atoms with E-state index in [0.29, 0.717) is 12.1 Å². The predicted octanol–water partition coefficient (Wildman–Crippen LogP) is 3.59. The van der Waals surface area contributed by atoms with Gasteiger partial charge in [0.1, 0.15) is 0 Å². The number of hydrogen-bond acceptors (Lipinski definition) is 4. The molecule has 0 aliphatic rings. The standard InChI is InChI=1S/C20H26N2O3S2/c1-15-5-9-17(10-6-15)26-14-13-21-19(23)16-7-11-18(12-8-16)27(24,25)22-20(2,3)4/h5-12,22H,13-14H2,1-4H3,(H,21,23). The van der Waals surface area contributed by atoms with E-state index in [0.717, 1.165) is 10.6 Å². The van der Waals surface area contributed by atoms with Crippen molar-refractivity contribution in [1.29, 1.82) is 0 Å². The fourth-order valence-corrected chi connectivity index (χ4v) is 4.50. The highest BCUT2D eigenvalue weighted by Gasteiger charge is 2.22. The molecule has 0 heterocycles. The maximum absolute atomic E-state index is 12.3. The van der Waals surface area contributed by atoms with Crippen LogP contribution in [-0.4, -0.2) is 32.2 Å². The molecule has 0 unspecified atom stereocenters. The van der Waals surface area contributed by atoms with Gasteiger partial charge in [0.2, 0.25) is 10.0 Å². The first-order valence-electron chi connectivity index (χ1n) is 8.68. The molecule has 5 nitrogen and oxygen atoms in total. The lowest BCUT2D eigenvalue weighted by atomic mass is 10.1. The zero-order valence-corrected chi connectivity index (χ0v) is 17.7. The van der Waals surface area contributed by atoms with Gasteiger partial charge in [-0.1, -0.05) is 17.7 Å². The number of amides is 1. The van der Waals surface area contributed by atoms with Gasteiger partial charge in [0.25, 0.3) is 5.91 Å². The zero-order chi connectivity index (χ0) is 20.1. The summed E-state index contributed by atoms with van der Waals surface area (Å²) in [6.45, 7) is 7.91. The summed E-state index contributed by atoms with van der Waals surface area (Å²) in [6, 6.07) is 14.2. The quantitative estimate of drug-likeness (QED) is 0.544. The van der Waals surface area contributed by atoms with Gasteiger partial charge in [-0.2, -0.15) is 0 Å². The second-order valence-electron chi connectivity index (χ2n) is 7.30. The average molecular weight is 407 g/mol. The molecule has 0 spiro atoms. The first-order chi connectivity index (χ1) is 12.6. The van der Waals surface area contributed by atoms with Crippen LogP contribution in [0.3, 0.4) is 0 Å². The minimum absolute atomic E-state index is 0.143. The van der Waals surface area contributed by atoms with Crippen LogP contribution in [0.2, 0.25) is 0 Å². The van der Waals surface area contributed by atoms with Gasteiger partial charge in [-0.15, -0.1) is 11.8 Å². The molecular formula is C20H26N2O3S2. The lowest BCUT2D eigenvalue weighted by Crippen LogP contribution is -2.40. The molecule has 2 rings (SSSR count). The molecule has 2 aromatic rings. The zero-order valence-electron chi connectivity index (χ0n) is 16.1. The van der Waals surface area contributed by atoms with Crippen LogP contribution in [0.4, 0.5) is 0 Å². The fraction of sp³-hybridized carbons (Fsp3) is 0.350. The lowest BCUT2D eigenvalue weighted by Gasteiger charge is -2.20. The number of hydrogen-bond donors (Lipinski definition) is 2. The average Bonchev–Trinajstić information content (AvgIpc) is 2.58. The largest absolute Gasteiger partial charge is 0.351 e. The Morgan fingerprint density at radius 2 is 1.59 bits per heavy atom. The molecule has 0 saturated carbocycles. The van der Waals surface area contributed by atoms with Crippen LogP contribution in [0.5, 0.6) is 0 Å². The number of rotatable bonds is 7. The van der Waals surface area contributed by atoms with E-state index in [1.807, 2.05) is 6.92 Å². The highest BCUT2D eigenvalue weighted by Crippen LogP contribution is 2.17. The topological polar surface area (TPSA) is 75.3 Å². The van der Waals surface area contributed by atoms with Gasteiger partial charge in [0.15, 0.2) is 0 Å². The normalized spacial score (nSPS) is 12.0. The molecule has 2 aromatic carbocycles. The maximum Gasteiger partial charge on any atom is 0.251 e. The number of benzene rings is 2. The summed E-state index contributed by atoms with van der Waals surface area (Å²) in [5.74, 6) is 0.545. The predicted molar refractivity (Wildman–Crippen MR) is 111 cm³/mol. The Hall–Kier alpha value is -1.83. The first-order valence-corrected chi connectivity index (χ1v) is 11.2. The van der Waals surface area contributed by atoms with E-state index in [9.17, 15) is 13.2 Å². The molecule has 27 heavy (non-hydrogen) atoms. The van der Waals surface area contributed by atoms with Crippen LogP contribution in [0, 0.1) is 6.92 Å². The van der Waals surface area contributed by atoms with Gasteiger partial charge in [-0.05, 0) is 64.1 Å². The van der Waals surface area contributed by atoms with Gasteiger partial charge < -0.3 is 5.32 Å². The van der Waals surface area contributed by atoms with E-state index in [1.165, 1.54) is 29.8 Å². The van der Waals surface area contributed by atoms with Gasteiger partial charge in [-0.25, -0.2) is 13.1 Å². The third kappa shape index (κ3) is 7.01. The lowest BCUT2D eigenvalue weighted by molar-refractivity contribution is 0.0956. The van der Waals surface area contributed by atoms with Crippen molar-refractivity contribution in [2.24, 2.45) is 0 Å². The van der Waals surface area contributed by atoms with E-state index in [2.05, 4.69) is 34.3 Å². The Bertz CT molecular complexity index is 869. The van der Waals surface area contributed by atoms with E-state index in [-0.39, 0.29) is 10.8 Å². The van der Waals surface area contributed by atoms with Crippen LogP contribution in [0.25, 0.3) is 0 Å². The Morgan fingerprint density at radius 1 is 1.00 bits per heavy atom. The van der Waals surface area contributed by atoms with Crippen molar-refractivity contribution in [2.75, 3.05) is 12.3 Å². The maximum atomic E-state index is 12.3. The monoisotopic (exact) mass is 406 g/mol. The van der Waals surface area contributed by atoms with Gasteiger partial charge in [0, 0.05) is 28.3 Å². The van der Waals surface area contributed by atoms with E-state index in [1.54, 1.807) is 32.5 Å². The van der Waals surface area contributed by atoms with Crippen molar-refractivity contribution >= 4 is 27.7 Å². The molecule has 0 atom stereocenters. The molecular weight excluding hydrogens is 380 g/mol. The summed E-state index contributed by atoms with van der Waals surface area (Å²) in [6.07, 6.45) is 0. The molecule has 1 amide bonds. The number of thioether (sulfide) groups is 1. The van der Waals surface area contributed by atoms with Gasteiger partial charge in [0.05, 0.1) is 4.90 Å². The van der Waals surface area contributed by atoms with E-state index in [4.69, 9.17) is 0 Å². The molecule has 0 fully saturated rings. The van der Waals surface area contributed by atoms with Crippen LogP contribution in [-0.2, 0) is 10.0 Å². The van der Waals surface area contributed by atoms with Crippen LogP contribution >= 0.6 is 11.8 Å². The van der Waals surface area contributed by atoms with Crippen molar-refractivity contribution < 1.29 is 13.2 Å². The molecule has 0 saturated heterocycles. The van der Waals surface area contributed by atoms with Crippen molar-refractivity contribution in [3.8, 4) is 0 Å². The van der Waals surface area contributed by atoms with Gasteiger partial charge in [-0.3, -0.25) is 4.79 Å². The molecule has 0 bridgehead atoms. The van der Waals surface area contributed by atoms with Crippen molar-refractivity contribution in [3.63, 3.8) is 0 Å². The number of sulfonamides is 1. The van der Waals surface area contributed by atoms with Crippen molar-refractivity contribution in [2.45, 2.75) is 43.0 Å². The third-order valence-corrected chi connectivity index (χ3v) is 6.33. The van der Waals surface area contributed by atoms with Crippen LogP contribution in [0.15, 0.2) is 58.3 Å². The minimum atomic E-state index is -3.60. The Kier molecular flexibility index (Phi) is 7.08. The summed E-state index contributed by atoms with van der Waals surface area (Å²) in [4.78, 5) is 13.5. The molecule has 0 radical (unpaired) electrons. The van der Waals surface area contributed by atoms with Crippen LogP contribution < -0.4 is 10.0 Å². The molecule has 0 aromatic heterocycles. The second-order valence-corrected chi connectivity index (χ2v) is 10.1. The van der Waals surface area contributed by atoms with E-state index < -0.39 is 15.6 Å². The highest BCUT2D eigenvalue weighted by atomic mass is 32.2. The Balaban J connectivity index is 1.87. The van der Waals surface area contributed by atoms with E-state index >= 15 is 0 Å². The number of aryl methyl sites for hydroxylation is 1. The molecule has 2 N–H and O–H groups in total. The summed E-state index contributed by atoms with van der Waals surface area (Å²) >= 11 is 1.68. The molecule has 146 valence electrons. The summed E-state index contributed by atoms with van der Waals surface area (Å²) in [5.41, 5.74) is 1.09. The number of nitrogens with one attached hydrogen (secondary N) is 2. The summed E-state index contributed by atoms with van der Waals surface area (Å²) < 4.78 is 27.2. The fourth-order valence-electron chi connectivity index (χ4n) is 2.32. The third-order valence-electron chi connectivity index (χ3n) is 3.54. The second kappa shape index (κ2) is 8.91. The highest BCUT2D eigenvalue weighted by molar-refractivity contribution is 7.99. The Labute approximate surface area is 166 Å². The number of carbonyl (C=O) groups excluding carboxylic acids is 1. The molecule has 0 aliphatic carbocycles. The SMILES string of the molecule is Cc1ccc(SCCNC(=O)c2ccc(S(=O)(=O)NC(C)(C)C)cc2)cc1. The smallest absolute Gasteiger partial charge is 0.251 e. The van der Waals surface area contributed by atoms with Gasteiger partial charge >= 0.3 is 0 Å². The number of carbonyl (C=O) groups is 1. The summed E-state index contributed by atoms with van der Waals surface area (Å²) in [5, 5.41) is 2.85. The first kappa shape index (κ1) is 21.5. The Morgan fingerprint density at radius 3 is 2.15 bits per heavy atom. The summed E-state index contributed by atoms with van der Waals surface area (Å²) in [7, 11) is -3.60. The molecule has 7 heteroatoms. The molecule has 0 aliphatic heterocycles. The van der Waals surface area contributed by atoms with Crippen LogP contribution in [0.1, 0.15) is 36.7 Å².